The van der Waals surface area contributed by atoms with E-state index in [1.807, 2.05) is 20.8 Å². The highest BCUT2D eigenvalue weighted by Gasteiger charge is 2.33. The Morgan fingerprint density at radius 3 is 2.00 bits per heavy atom. The minimum atomic E-state index is -4.32. The van der Waals surface area contributed by atoms with Crippen LogP contribution in [0, 0.1) is 0 Å². The summed E-state index contributed by atoms with van der Waals surface area (Å²) in [5, 5.41) is 2.93. The Labute approximate surface area is 266 Å². The van der Waals surface area contributed by atoms with Crippen LogP contribution in [0.15, 0.2) is 71.6 Å². The summed E-state index contributed by atoms with van der Waals surface area (Å²) in [6, 6.07) is 16.7. The standard InChI is InChI=1S/C33H43N3O8S/c1-8-23(3)34-33(38)24(4)35(21-25-10-14-27(41-5)15-11-25)32(37)22-36(26-12-16-28(17-13-26)44-9-2)45(39,40)29-18-19-30(42-6)31(20-29)43-7/h10-20,23-24H,8-9,21-22H2,1-7H3,(H,34,38)/t23-,24-/m1/s1. The number of sulfonamides is 1. The van der Waals surface area contributed by atoms with Crippen molar-refractivity contribution in [3.8, 4) is 23.0 Å². The van der Waals surface area contributed by atoms with Gasteiger partial charge in [-0.05, 0) is 81.3 Å². The fourth-order valence-electron chi connectivity index (χ4n) is 4.48. The molecular weight excluding hydrogens is 598 g/mol. The van der Waals surface area contributed by atoms with Crippen LogP contribution in [-0.4, -0.2) is 71.7 Å². The van der Waals surface area contributed by atoms with Gasteiger partial charge in [-0.3, -0.25) is 13.9 Å². The second-order valence-electron chi connectivity index (χ2n) is 10.3. The molecule has 1 N–H and O–H groups in total. The summed E-state index contributed by atoms with van der Waals surface area (Å²) in [5.41, 5.74) is 0.977. The quantitative estimate of drug-likeness (QED) is 0.240. The molecule has 11 nitrogen and oxygen atoms in total. The normalized spacial score (nSPS) is 12.4. The smallest absolute Gasteiger partial charge is 0.264 e. The average molecular weight is 642 g/mol. The minimum Gasteiger partial charge on any atom is -0.497 e. The lowest BCUT2D eigenvalue weighted by Crippen LogP contribution is -2.52. The molecule has 0 aromatic heterocycles. The van der Waals surface area contributed by atoms with Gasteiger partial charge in [-0.2, -0.15) is 0 Å². The number of ether oxygens (including phenoxy) is 4. The Morgan fingerprint density at radius 1 is 0.822 bits per heavy atom. The van der Waals surface area contributed by atoms with E-state index in [0.717, 1.165) is 9.87 Å². The van der Waals surface area contributed by atoms with Crippen molar-refractivity contribution in [1.82, 2.24) is 10.2 Å². The van der Waals surface area contributed by atoms with E-state index in [9.17, 15) is 18.0 Å². The summed E-state index contributed by atoms with van der Waals surface area (Å²) in [4.78, 5) is 28.7. The van der Waals surface area contributed by atoms with Gasteiger partial charge in [0.05, 0.1) is 38.5 Å². The van der Waals surface area contributed by atoms with E-state index in [0.29, 0.717) is 30.3 Å². The third kappa shape index (κ3) is 8.81. The summed E-state index contributed by atoms with van der Waals surface area (Å²) in [5.74, 6) is 0.839. The molecule has 0 aliphatic heterocycles. The van der Waals surface area contributed by atoms with Gasteiger partial charge in [0, 0.05) is 18.7 Å². The number of methoxy groups -OCH3 is 3. The summed E-state index contributed by atoms with van der Waals surface area (Å²) in [6.07, 6.45) is 0.708. The largest absolute Gasteiger partial charge is 0.497 e. The van der Waals surface area contributed by atoms with Crippen molar-refractivity contribution in [2.24, 2.45) is 0 Å². The molecule has 244 valence electrons. The van der Waals surface area contributed by atoms with E-state index in [-0.39, 0.29) is 34.8 Å². The molecule has 12 heteroatoms. The Bertz CT molecular complexity index is 1530. The van der Waals surface area contributed by atoms with E-state index in [1.54, 1.807) is 62.6 Å². The first-order chi connectivity index (χ1) is 21.5. The van der Waals surface area contributed by atoms with Gasteiger partial charge < -0.3 is 29.2 Å². The van der Waals surface area contributed by atoms with Crippen LogP contribution in [0.25, 0.3) is 0 Å². The number of carbonyl (C=O) groups is 2. The average Bonchev–Trinajstić information content (AvgIpc) is 3.05. The highest BCUT2D eigenvalue weighted by atomic mass is 32.2. The van der Waals surface area contributed by atoms with E-state index < -0.39 is 28.5 Å². The second-order valence-corrected chi connectivity index (χ2v) is 12.2. The molecule has 3 aromatic rings. The number of hydrogen-bond donors (Lipinski definition) is 1. The molecular formula is C33H43N3O8S. The van der Waals surface area contributed by atoms with Crippen LogP contribution in [0.4, 0.5) is 5.69 Å². The molecule has 0 radical (unpaired) electrons. The maximum absolute atomic E-state index is 14.2. The lowest BCUT2D eigenvalue weighted by Gasteiger charge is -2.32. The van der Waals surface area contributed by atoms with Crippen LogP contribution in [0.5, 0.6) is 23.0 Å². The molecule has 2 atom stereocenters. The predicted molar refractivity (Wildman–Crippen MR) is 173 cm³/mol. The van der Waals surface area contributed by atoms with Crippen LogP contribution in [0.3, 0.4) is 0 Å². The van der Waals surface area contributed by atoms with Crippen molar-refractivity contribution < 1.29 is 37.0 Å². The maximum atomic E-state index is 14.2. The topological polar surface area (TPSA) is 124 Å². The first-order valence-electron chi connectivity index (χ1n) is 14.7. The van der Waals surface area contributed by atoms with Crippen molar-refractivity contribution in [3.05, 3.63) is 72.3 Å². The van der Waals surface area contributed by atoms with E-state index >= 15 is 0 Å². The van der Waals surface area contributed by atoms with Gasteiger partial charge in [0.25, 0.3) is 10.0 Å². The van der Waals surface area contributed by atoms with Crippen molar-refractivity contribution in [3.63, 3.8) is 0 Å². The zero-order valence-electron chi connectivity index (χ0n) is 26.9. The van der Waals surface area contributed by atoms with E-state index in [4.69, 9.17) is 18.9 Å². The third-order valence-electron chi connectivity index (χ3n) is 7.34. The number of carbonyl (C=O) groups excluding carboxylic acids is 2. The molecule has 0 fully saturated rings. The third-order valence-corrected chi connectivity index (χ3v) is 9.11. The van der Waals surface area contributed by atoms with Gasteiger partial charge in [0.2, 0.25) is 11.8 Å². The van der Waals surface area contributed by atoms with Gasteiger partial charge in [-0.1, -0.05) is 19.1 Å². The minimum absolute atomic E-state index is 0.0610. The number of nitrogens with zero attached hydrogens (tertiary/aromatic N) is 2. The fourth-order valence-corrected chi connectivity index (χ4v) is 5.91. The first kappa shape index (κ1) is 35.0. The zero-order chi connectivity index (χ0) is 33.1. The van der Waals surface area contributed by atoms with Crippen LogP contribution in [0.2, 0.25) is 0 Å². The van der Waals surface area contributed by atoms with Crippen molar-refractivity contribution in [2.45, 2.75) is 57.6 Å². The van der Waals surface area contributed by atoms with Crippen molar-refractivity contribution >= 4 is 27.5 Å². The van der Waals surface area contributed by atoms with Crippen molar-refractivity contribution in [2.75, 3.05) is 38.8 Å². The number of hydrogen-bond acceptors (Lipinski definition) is 8. The SMILES string of the molecule is CCOc1ccc(N(CC(=O)N(Cc2ccc(OC)cc2)[C@H](C)C(=O)N[C@H](C)CC)S(=O)(=O)c2ccc(OC)c(OC)c2)cc1. The lowest BCUT2D eigenvalue weighted by atomic mass is 10.1. The maximum Gasteiger partial charge on any atom is 0.264 e. The Hall–Kier alpha value is -4.45. The van der Waals surface area contributed by atoms with Gasteiger partial charge in [0.1, 0.15) is 24.1 Å². The Balaban J connectivity index is 2.07. The summed E-state index contributed by atoms with van der Waals surface area (Å²) in [6.45, 7) is 7.21. The monoisotopic (exact) mass is 641 g/mol. The summed E-state index contributed by atoms with van der Waals surface area (Å²) < 4.78 is 50.9. The molecule has 0 heterocycles. The molecule has 0 saturated heterocycles. The molecule has 2 amide bonds. The zero-order valence-corrected chi connectivity index (χ0v) is 27.7. The molecule has 0 aliphatic rings. The number of anilines is 1. The Kier molecular flexibility index (Phi) is 12.5. The highest BCUT2D eigenvalue weighted by Crippen LogP contribution is 2.33. The molecule has 0 spiro atoms. The Morgan fingerprint density at radius 2 is 1.44 bits per heavy atom. The van der Waals surface area contributed by atoms with E-state index in [2.05, 4.69) is 5.32 Å². The van der Waals surface area contributed by atoms with Crippen LogP contribution < -0.4 is 28.6 Å². The molecule has 0 saturated carbocycles. The molecule has 45 heavy (non-hydrogen) atoms. The van der Waals surface area contributed by atoms with Gasteiger partial charge >= 0.3 is 0 Å². The number of rotatable bonds is 16. The van der Waals surface area contributed by atoms with Gasteiger partial charge in [-0.25, -0.2) is 8.42 Å². The van der Waals surface area contributed by atoms with E-state index in [1.165, 1.54) is 37.3 Å². The highest BCUT2D eigenvalue weighted by molar-refractivity contribution is 7.92. The van der Waals surface area contributed by atoms with Crippen molar-refractivity contribution in [1.29, 1.82) is 0 Å². The van der Waals surface area contributed by atoms with Crippen LogP contribution in [0.1, 0.15) is 39.7 Å². The van der Waals surface area contributed by atoms with Crippen LogP contribution >= 0.6 is 0 Å². The number of nitrogens with one attached hydrogen (secondary N) is 1. The summed E-state index contributed by atoms with van der Waals surface area (Å²) >= 11 is 0. The number of benzene rings is 3. The summed E-state index contributed by atoms with van der Waals surface area (Å²) in [7, 11) is 0.0912. The van der Waals surface area contributed by atoms with Crippen LogP contribution in [-0.2, 0) is 26.2 Å². The predicted octanol–water partition coefficient (Wildman–Crippen LogP) is 4.64. The van der Waals surface area contributed by atoms with Gasteiger partial charge in [-0.15, -0.1) is 0 Å². The molecule has 0 bridgehead atoms. The molecule has 0 aliphatic carbocycles. The number of amides is 2. The lowest BCUT2D eigenvalue weighted by molar-refractivity contribution is -0.139. The fraction of sp³-hybridized carbons (Fsp3) is 0.394. The molecule has 3 aromatic carbocycles. The first-order valence-corrected chi connectivity index (χ1v) is 16.1. The second kappa shape index (κ2) is 16.0. The van der Waals surface area contributed by atoms with Gasteiger partial charge in [0.15, 0.2) is 11.5 Å². The molecule has 0 unspecified atom stereocenters. The molecule has 3 rings (SSSR count).